The first-order valence-electron chi connectivity index (χ1n) is 7.53. The summed E-state index contributed by atoms with van der Waals surface area (Å²) in [5.74, 6) is -1.37. The molecule has 9 heteroatoms. The summed E-state index contributed by atoms with van der Waals surface area (Å²) < 4.78 is 9.27. The molecule has 2 heterocycles. The smallest absolute Gasteiger partial charge is 0.563 e. The number of hydrogen-bond acceptors (Lipinski definition) is 7. The quantitative estimate of drug-likeness (QED) is 0.477. The summed E-state index contributed by atoms with van der Waals surface area (Å²) in [6.45, 7) is -3.28. The van der Waals surface area contributed by atoms with E-state index in [1.807, 2.05) is 0 Å². The van der Waals surface area contributed by atoms with Gasteiger partial charge in [-0.15, -0.1) is 0 Å². The summed E-state index contributed by atoms with van der Waals surface area (Å²) in [5.41, 5.74) is 2.24. The molecule has 124 valence electrons. The van der Waals surface area contributed by atoms with Crippen molar-refractivity contribution in [1.29, 1.82) is 0 Å². The van der Waals surface area contributed by atoms with Crippen LogP contribution in [0.3, 0.4) is 0 Å². The molecule has 2 aliphatic heterocycles. The molecule has 7 nitrogen and oxygen atoms in total. The Morgan fingerprint density at radius 3 is 2.28 bits per heavy atom. The largest absolute Gasteiger partial charge is 0.636 e. The van der Waals surface area contributed by atoms with Gasteiger partial charge in [-0.1, -0.05) is 41.9 Å². The maximum absolute atomic E-state index is 11.7. The van der Waals surface area contributed by atoms with Gasteiger partial charge in [0.15, 0.2) is 0 Å². The van der Waals surface area contributed by atoms with Crippen molar-refractivity contribution >= 4 is 48.9 Å². The van der Waals surface area contributed by atoms with Crippen LogP contribution in [0.5, 0.6) is 0 Å². The van der Waals surface area contributed by atoms with E-state index in [4.69, 9.17) is 4.65 Å². The van der Waals surface area contributed by atoms with Gasteiger partial charge in [-0.25, -0.2) is 4.79 Å². The van der Waals surface area contributed by atoms with Crippen LogP contribution in [-0.4, -0.2) is 40.9 Å². The van der Waals surface area contributed by atoms with Crippen LogP contribution in [0.4, 0.5) is 0 Å². The third-order valence-electron chi connectivity index (χ3n) is 4.22. The maximum Gasteiger partial charge on any atom is 0.563 e. The molecule has 2 aromatic rings. The molecule has 0 amide bonds. The van der Waals surface area contributed by atoms with Gasteiger partial charge in [0.05, 0.1) is 5.56 Å². The Hall–Kier alpha value is -2.87. The Bertz CT molecular complexity index is 951. The predicted molar refractivity (Wildman–Crippen MR) is 90.1 cm³/mol. The second-order valence-corrected chi connectivity index (χ2v) is 5.89. The van der Waals surface area contributed by atoms with E-state index >= 15 is 0 Å². The zero-order valence-corrected chi connectivity index (χ0v) is 12.7. The molecule has 0 saturated carbocycles. The monoisotopic (exact) mass is 337 g/mol. The van der Waals surface area contributed by atoms with E-state index in [0.29, 0.717) is 22.2 Å². The minimum Gasteiger partial charge on any atom is -0.636 e. The molecule has 2 aliphatic rings. The van der Waals surface area contributed by atoms with Crippen LogP contribution in [-0.2, 0) is 9.31 Å². The van der Waals surface area contributed by atoms with Crippen LogP contribution in [0.15, 0.2) is 36.4 Å². The summed E-state index contributed by atoms with van der Waals surface area (Å²) in [4.78, 5) is 23.3. The Balaban J connectivity index is 1.64. The Morgan fingerprint density at radius 1 is 0.920 bits per heavy atom. The minimum atomic E-state index is -3.28. The molecule has 0 radical (unpaired) electrons. The first-order chi connectivity index (χ1) is 11.8. The van der Waals surface area contributed by atoms with Crippen molar-refractivity contribution in [1.82, 2.24) is 0 Å². The fourth-order valence-corrected chi connectivity index (χ4v) is 2.95. The van der Waals surface area contributed by atoms with Crippen molar-refractivity contribution in [3.05, 3.63) is 58.7 Å². The van der Waals surface area contributed by atoms with Crippen molar-refractivity contribution in [2.75, 3.05) is 0 Å². The molecule has 0 aliphatic carbocycles. The van der Waals surface area contributed by atoms with E-state index < -0.39 is 25.8 Å². The van der Waals surface area contributed by atoms with Gasteiger partial charge in [0.2, 0.25) is 0 Å². The van der Waals surface area contributed by atoms with Gasteiger partial charge in [-0.3, -0.25) is 4.79 Å². The lowest BCUT2D eigenvalue weighted by atomic mass is 9.70. The lowest BCUT2D eigenvalue weighted by Gasteiger charge is -2.21. The van der Waals surface area contributed by atoms with E-state index in [-0.39, 0.29) is 11.0 Å². The van der Waals surface area contributed by atoms with E-state index in [1.165, 1.54) is 12.1 Å². The summed E-state index contributed by atoms with van der Waals surface area (Å²) in [5, 5.41) is 28.9. The fourth-order valence-electron chi connectivity index (χ4n) is 2.95. The molecule has 4 rings (SSSR count). The molecule has 0 fully saturated rings. The highest BCUT2D eigenvalue weighted by Gasteiger charge is 2.38. The summed E-state index contributed by atoms with van der Waals surface area (Å²) in [6, 6.07) is 9.47. The van der Waals surface area contributed by atoms with Crippen LogP contribution in [0.25, 0.3) is 12.2 Å². The highest BCUT2D eigenvalue weighted by molar-refractivity contribution is 6.78. The molecule has 3 N–H and O–H groups in total. The van der Waals surface area contributed by atoms with Gasteiger partial charge in [0.25, 0.3) is 5.97 Å². The number of carbonyl (C=O) groups excluding carboxylic acids is 2. The zero-order chi connectivity index (χ0) is 17.8. The lowest BCUT2D eigenvalue weighted by Crippen LogP contribution is -2.47. The van der Waals surface area contributed by atoms with Gasteiger partial charge in [-0.05, 0) is 23.3 Å². The Morgan fingerprint density at radius 2 is 1.56 bits per heavy atom. The van der Waals surface area contributed by atoms with E-state index in [9.17, 15) is 24.7 Å². The van der Waals surface area contributed by atoms with Crippen molar-refractivity contribution < 1.29 is 34.0 Å². The summed E-state index contributed by atoms with van der Waals surface area (Å²) in [6.07, 6.45) is 3.42. The van der Waals surface area contributed by atoms with Crippen LogP contribution in [0.2, 0.25) is 0 Å². The van der Waals surface area contributed by atoms with Gasteiger partial charge >= 0.3 is 19.8 Å². The zero-order valence-electron chi connectivity index (χ0n) is 12.7. The third kappa shape index (κ3) is 2.54. The summed E-state index contributed by atoms with van der Waals surface area (Å²) in [7, 11) is -1.23. The third-order valence-corrected chi connectivity index (χ3v) is 4.22. The minimum absolute atomic E-state index is 0.0522. The molecule has 0 aromatic heterocycles. The highest BCUT2D eigenvalue weighted by atomic mass is 16.7. The normalized spacial score (nSPS) is 17.5. The SMILES string of the molecule is O=C1OB(O)c2ccc(/C=C/c3ccc4c(c3)C(=O)O[B-]4(O)O)cc21. The molecule has 25 heavy (non-hydrogen) atoms. The second-order valence-electron chi connectivity index (χ2n) is 5.89. The molecular weight excluding hydrogens is 326 g/mol. The lowest BCUT2D eigenvalue weighted by molar-refractivity contribution is 0.0650. The van der Waals surface area contributed by atoms with Crippen LogP contribution < -0.4 is 10.9 Å². The standard InChI is InChI=1S/C16H11B2O7/c19-15-11-7-9(3-5-13(11)17(21)24-15)1-2-10-4-6-14-12(8-10)16(20)25-18(14,22)23/h1-8,21-23H/q-1/b2-1+. The highest BCUT2D eigenvalue weighted by Crippen LogP contribution is 2.19. The van der Waals surface area contributed by atoms with Crippen molar-refractivity contribution in [2.45, 2.75) is 0 Å². The molecular formula is C16H11B2O7-. The van der Waals surface area contributed by atoms with Crippen molar-refractivity contribution in [3.63, 3.8) is 0 Å². The molecule has 0 unspecified atom stereocenters. The number of hydrogen-bond donors (Lipinski definition) is 3. The molecule has 0 spiro atoms. The van der Waals surface area contributed by atoms with Crippen LogP contribution >= 0.6 is 0 Å². The Labute approximate surface area is 142 Å². The maximum atomic E-state index is 11.7. The van der Waals surface area contributed by atoms with E-state index in [2.05, 4.69) is 4.65 Å². The predicted octanol–water partition coefficient (Wildman–Crippen LogP) is -0.984. The van der Waals surface area contributed by atoms with Gasteiger partial charge in [0, 0.05) is 11.0 Å². The molecule has 0 bridgehead atoms. The van der Waals surface area contributed by atoms with Crippen LogP contribution in [0.1, 0.15) is 31.8 Å². The average molecular weight is 337 g/mol. The number of rotatable bonds is 2. The van der Waals surface area contributed by atoms with Crippen LogP contribution in [0, 0.1) is 0 Å². The average Bonchev–Trinajstić information content (AvgIpc) is 2.98. The molecule has 2 aromatic carbocycles. The first-order valence-corrected chi connectivity index (χ1v) is 7.53. The molecule has 0 atom stereocenters. The van der Waals surface area contributed by atoms with E-state index in [1.54, 1.807) is 36.4 Å². The first kappa shape index (κ1) is 15.6. The number of benzene rings is 2. The second kappa shape index (κ2) is 5.32. The van der Waals surface area contributed by atoms with Crippen molar-refractivity contribution in [3.8, 4) is 0 Å². The van der Waals surface area contributed by atoms with Gasteiger partial charge < -0.3 is 24.4 Å². The fraction of sp³-hybridized carbons (Fsp3) is 0. The number of fused-ring (bicyclic) bond motifs is 2. The Kier molecular flexibility index (Phi) is 3.33. The topological polar surface area (TPSA) is 113 Å². The van der Waals surface area contributed by atoms with Gasteiger partial charge in [-0.2, -0.15) is 0 Å². The molecule has 0 saturated heterocycles. The van der Waals surface area contributed by atoms with Gasteiger partial charge in [0.1, 0.15) is 0 Å². The van der Waals surface area contributed by atoms with E-state index in [0.717, 1.165) is 0 Å². The number of carbonyl (C=O) groups is 2. The summed E-state index contributed by atoms with van der Waals surface area (Å²) >= 11 is 0. The van der Waals surface area contributed by atoms with Crippen molar-refractivity contribution in [2.24, 2.45) is 0 Å².